The summed E-state index contributed by atoms with van der Waals surface area (Å²) in [5.74, 6) is 0.359. The van der Waals surface area contributed by atoms with E-state index in [9.17, 15) is 9.59 Å². The zero-order valence-corrected chi connectivity index (χ0v) is 11.8. The van der Waals surface area contributed by atoms with Gasteiger partial charge in [0.2, 0.25) is 0 Å². The van der Waals surface area contributed by atoms with Crippen molar-refractivity contribution >= 4 is 0 Å². The predicted octanol–water partition coefficient (Wildman–Crippen LogP) is 1.55. The Morgan fingerprint density at radius 2 is 1.85 bits per heavy atom. The van der Waals surface area contributed by atoms with Crippen LogP contribution in [-0.4, -0.2) is 22.3 Å². The predicted molar refractivity (Wildman–Crippen MR) is 76.0 cm³/mol. The summed E-state index contributed by atoms with van der Waals surface area (Å²) in [4.78, 5) is 24.5. The molecule has 2 fully saturated rings. The molecule has 2 aliphatic rings. The zero-order valence-electron chi connectivity index (χ0n) is 11.8. The molecule has 1 aromatic rings. The number of hydrogen-bond donors (Lipinski definition) is 0. The molecular formula is C15H22N2O3. The first kappa shape index (κ1) is 13.6. The monoisotopic (exact) mass is 278 g/mol. The van der Waals surface area contributed by atoms with Gasteiger partial charge in [0.15, 0.2) is 0 Å². The van der Waals surface area contributed by atoms with Gasteiger partial charge < -0.3 is 13.9 Å². The van der Waals surface area contributed by atoms with Crippen LogP contribution in [0.15, 0.2) is 22.0 Å². The summed E-state index contributed by atoms with van der Waals surface area (Å²) in [5, 5.41) is 0. The quantitative estimate of drug-likeness (QED) is 0.788. The molecule has 110 valence electrons. The van der Waals surface area contributed by atoms with Gasteiger partial charge in [0.25, 0.3) is 0 Å². The van der Waals surface area contributed by atoms with Crippen LogP contribution in [0.25, 0.3) is 0 Å². The van der Waals surface area contributed by atoms with Crippen molar-refractivity contribution in [2.75, 3.05) is 13.2 Å². The van der Waals surface area contributed by atoms with E-state index in [1.807, 2.05) is 0 Å². The Balaban J connectivity index is 1.82. The van der Waals surface area contributed by atoms with Crippen LogP contribution >= 0.6 is 0 Å². The summed E-state index contributed by atoms with van der Waals surface area (Å²) in [5.41, 5.74) is -0.747. The lowest BCUT2D eigenvalue weighted by Crippen LogP contribution is -2.43. The van der Waals surface area contributed by atoms with Gasteiger partial charge in [-0.15, -0.1) is 0 Å². The maximum Gasteiger partial charge on any atom is 0.316 e. The van der Waals surface area contributed by atoms with E-state index in [0.717, 1.165) is 38.7 Å². The van der Waals surface area contributed by atoms with Crippen LogP contribution in [0, 0.1) is 5.92 Å². The molecule has 3 rings (SSSR count). The lowest BCUT2D eigenvalue weighted by atomic mass is 9.95. The van der Waals surface area contributed by atoms with Crippen molar-refractivity contribution in [2.24, 2.45) is 5.92 Å². The third kappa shape index (κ3) is 2.73. The lowest BCUT2D eigenvalue weighted by molar-refractivity contribution is 0.182. The highest BCUT2D eigenvalue weighted by molar-refractivity contribution is 4.90. The molecule has 0 aromatic carbocycles. The van der Waals surface area contributed by atoms with Crippen LogP contribution in [0.1, 0.15) is 44.6 Å². The average molecular weight is 278 g/mol. The summed E-state index contributed by atoms with van der Waals surface area (Å²) in [6, 6.07) is 0.216. The standard InChI is InChI=1S/C15H22N2O3/c18-14-15(19)17(13-4-2-1-3-5-13)8-7-16(14)10-12-6-9-20-11-12/h7-8,12-13H,1-6,9-11H2. The van der Waals surface area contributed by atoms with Gasteiger partial charge in [-0.3, -0.25) is 9.59 Å². The van der Waals surface area contributed by atoms with Gasteiger partial charge in [-0.1, -0.05) is 19.3 Å². The van der Waals surface area contributed by atoms with E-state index < -0.39 is 0 Å². The Morgan fingerprint density at radius 1 is 1.05 bits per heavy atom. The number of ether oxygens (including phenoxy) is 1. The van der Waals surface area contributed by atoms with Crippen LogP contribution in [0.5, 0.6) is 0 Å². The minimum atomic E-state index is -0.384. The Labute approximate surface area is 118 Å². The zero-order chi connectivity index (χ0) is 13.9. The van der Waals surface area contributed by atoms with Gasteiger partial charge in [0.1, 0.15) is 0 Å². The van der Waals surface area contributed by atoms with E-state index >= 15 is 0 Å². The van der Waals surface area contributed by atoms with Crippen molar-refractivity contribution in [1.82, 2.24) is 9.13 Å². The normalized spacial score (nSPS) is 24.1. The van der Waals surface area contributed by atoms with Crippen LogP contribution in [0.4, 0.5) is 0 Å². The molecule has 0 bridgehead atoms. The molecule has 0 N–H and O–H groups in total. The number of hydrogen-bond acceptors (Lipinski definition) is 3. The Bertz CT molecular complexity index is 563. The molecule has 5 heteroatoms. The average Bonchev–Trinajstić information content (AvgIpc) is 2.98. The lowest BCUT2D eigenvalue weighted by Gasteiger charge is -2.24. The van der Waals surface area contributed by atoms with Gasteiger partial charge in [0.05, 0.1) is 6.61 Å². The van der Waals surface area contributed by atoms with Gasteiger partial charge in [0, 0.05) is 37.5 Å². The highest BCUT2D eigenvalue weighted by Crippen LogP contribution is 2.26. The summed E-state index contributed by atoms with van der Waals surface area (Å²) >= 11 is 0. The summed E-state index contributed by atoms with van der Waals surface area (Å²) < 4.78 is 8.53. The van der Waals surface area contributed by atoms with Gasteiger partial charge in [-0.2, -0.15) is 0 Å². The topological polar surface area (TPSA) is 53.2 Å². The van der Waals surface area contributed by atoms with Crippen LogP contribution in [-0.2, 0) is 11.3 Å². The van der Waals surface area contributed by atoms with Crippen molar-refractivity contribution < 1.29 is 4.74 Å². The van der Waals surface area contributed by atoms with Crippen molar-refractivity contribution in [1.29, 1.82) is 0 Å². The molecule has 1 saturated carbocycles. The van der Waals surface area contributed by atoms with Crippen LogP contribution in [0.3, 0.4) is 0 Å². The minimum Gasteiger partial charge on any atom is -0.381 e. The van der Waals surface area contributed by atoms with Crippen molar-refractivity contribution in [3.8, 4) is 0 Å². The molecule has 0 spiro atoms. The molecule has 1 aliphatic carbocycles. The second-order valence-corrected chi connectivity index (χ2v) is 5.99. The summed E-state index contributed by atoms with van der Waals surface area (Å²) in [7, 11) is 0. The fourth-order valence-electron chi connectivity index (χ4n) is 3.32. The molecule has 1 aromatic heterocycles. The van der Waals surface area contributed by atoms with Gasteiger partial charge >= 0.3 is 11.1 Å². The van der Waals surface area contributed by atoms with Crippen molar-refractivity contribution in [3.05, 3.63) is 33.1 Å². The molecule has 2 heterocycles. The first-order valence-electron chi connectivity index (χ1n) is 7.65. The molecule has 20 heavy (non-hydrogen) atoms. The molecule has 1 saturated heterocycles. The van der Waals surface area contributed by atoms with Crippen molar-refractivity contribution in [3.63, 3.8) is 0 Å². The number of aromatic nitrogens is 2. The maximum absolute atomic E-state index is 12.3. The number of nitrogens with zero attached hydrogens (tertiary/aromatic N) is 2. The fraction of sp³-hybridized carbons (Fsp3) is 0.733. The smallest absolute Gasteiger partial charge is 0.316 e. The third-order valence-corrected chi connectivity index (χ3v) is 4.53. The highest BCUT2D eigenvalue weighted by atomic mass is 16.5. The minimum absolute atomic E-state index is 0.216. The fourth-order valence-corrected chi connectivity index (χ4v) is 3.32. The molecular weight excluding hydrogens is 256 g/mol. The van der Waals surface area contributed by atoms with E-state index in [1.165, 1.54) is 6.42 Å². The second kappa shape index (κ2) is 5.95. The largest absolute Gasteiger partial charge is 0.381 e. The van der Waals surface area contributed by atoms with E-state index in [0.29, 0.717) is 19.1 Å². The van der Waals surface area contributed by atoms with Gasteiger partial charge in [-0.25, -0.2) is 0 Å². The van der Waals surface area contributed by atoms with E-state index in [-0.39, 0.29) is 17.2 Å². The van der Waals surface area contributed by atoms with E-state index in [4.69, 9.17) is 4.74 Å². The Morgan fingerprint density at radius 3 is 2.55 bits per heavy atom. The first-order valence-corrected chi connectivity index (χ1v) is 7.65. The van der Waals surface area contributed by atoms with Crippen molar-refractivity contribution in [2.45, 2.75) is 51.1 Å². The molecule has 1 aliphatic heterocycles. The summed E-state index contributed by atoms with van der Waals surface area (Å²) in [6.07, 6.45) is 10.1. The first-order chi connectivity index (χ1) is 9.75. The Kier molecular flexibility index (Phi) is 4.05. The summed E-state index contributed by atoms with van der Waals surface area (Å²) in [6.45, 7) is 2.05. The van der Waals surface area contributed by atoms with Gasteiger partial charge in [-0.05, 0) is 19.3 Å². The van der Waals surface area contributed by atoms with E-state index in [1.54, 1.807) is 21.5 Å². The molecule has 1 atom stereocenters. The van der Waals surface area contributed by atoms with E-state index in [2.05, 4.69) is 0 Å². The molecule has 1 unspecified atom stereocenters. The SMILES string of the molecule is O=c1c(=O)n(C2CCCCC2)ccn1CC1CCOC1. The molecule has 0 radical (unpaired) electrons. The van der Waals surface area contributed by atoms with Crippen LogP contribution < -0.4 is 11.1 Å². The molecule has 5 nitrogen and oxygen atoms in total. The van der Waals surface area contributed by atoms with Crippen LogP contribution in [0.2, 0.25) is 0 Å². The highest BCUT2D eigenvalue weighted by Gasteiger charge is 2.20. The molecule has 0 amide bonds. The Hall–Kier alpha value is -1.36. The number of rotatable bonds is 3. The third-order valence-electron chi connectivity index (χ3n) is 4.53. The maximum atomic E-state index is 12.3. The second-order valence-electron chi connectivity index (χ2n) is 5.99.